The van der Waals surface area contributed by atoms with Crippen molar-refractivity contribution in [3.8, 4) is 17.2 Å². The minimum atomic E-state index is -0.399. The summed E-state index contributed by atoms with van der Waals surface area (Å²) in [6.07, 6.45) is 3.63. The number of hydrogen-bond acceptors (Lipinski definition) is 6. The summed E-state index contributed by atoms with van der Waals surface area (Å²) in [7, 11) is 3.20. The lowest BCUT2D eigenvalue weighted by atomic mass is 10.0. The van der Waals surface area contributed by atoms with E-state index < -0.39 is 4.92 Å². The van der Waals surface area contributed by atoms with Crippen molar-refractivity contribution in [3.63, 3.8) is 0 Å². The third kappa shape index (κ3) is 4.11. The van der Waals surface area contributed by atoms with Crippen molar-refractivity contribution in [3.05, 3.63) is 107 Å². The summed E-state index contributed by atoms with van der Waals surface area (Å²) in [5.41, 5.74) is 3.12. The van der Waals surface area contributed by atoms with Crippen molar-refractivity contribution in [1.29, 1.82) is 0 Å². The number of nitro benzene ring substituents is 1. The van der Waals surface area contributed by atoms with Gasteiger partial charge in [-0.1, -0.05) is 12.1 Å². The van der Waals surface area contributed by atoms with E-state index in [9.17, 15) is 10.1 Å². The van der Waals surface area contributed by atoms with E-state index in [-0.39, 0.29) is 17.8 Å². The van der Waals surface area contributed by atoms with Crippen LogP contribution in [0.5, 0.6) is 11.5 Å². The largest absolute Gasteiger partial charge is 0.497 e. The second-order valence-electron chi connectivity index (χ2n) is 8.11. The molecule has 0 spiro atoms. The Morgan fingerprint density at radius 2 is 1.89 bits per heavy atom. The maximum absolute atomic E-state index is 11.4. The number of ether oxygens (including phenoxy) is 2. The fourth-order valence-electron chi connectivity index (χ4n) is 4.53. The Balaban J connectivity index is 1.69. The smallest absolute Gasteiger partial charge is 0.271 e. The van der Waals surface area contributed by atoms with E-state index in [1.54, 1.807) is 32.5 Å². The van der Waals surface area contributed by atoms with Crippen LogP contribution in [0.15, 0.2) is 85.2 Å². The predicted molar refractivity (Wildman–Crippen MR) is 140 cm³/mol. The summed E-state index contributed by atoms with van der Waals surface area (Å²) < 4.78 is 13.0. The fraction of sp³-hybridized carbons (Fsp3) is 0.154. The molecule has 9 nitrogen and oxygen atoms in total. The number of nitro groups is 1. The minimum Gasteiger partial charge on any atom is -0.497 e. The molecule has 0 bridgehead atoms. The molecule has 0 unspecified atom stereocenters. The molecule has 2 aromatic carbocycles. The first kappa shape index (κ1) is 23.3. The molecule has 1 saturated heterocycles. The van der Waals surface area contributed by atoms with Crippen molar-refractivity contribution < 1.29 is 14.4 Å². The highest BCUT2D eigenvalue weighted by atomic mass is 32.1. The van der Waals surface area contributed by atoms with E-state index in [4.69, 9.17) is 21.7 Å². The number of non-ortho nitro benzene ring substituents is 1. The molecule has 2 atom stereocenters. The fourth-order valence-corrected chi connectivity index (χ4v) is 4.86. The predicted octanol–water partition coefficient (Wildman–Crippen LogP) is 4.97. The van der Waals surface area contributed by atoms with E-state index in [1.165, 1.54) is 6.07 Å². The van der Waals surface area contributed by atoms with E-state index in [0.717, 1.165) is 17.1 Å². The molecular formula is C26H23N5O4S. The van der Waals surface area contributed by atoms with Crippen LogP contribution in [0.3, 0.4) is 0 Å². The molecule has 1 aliphatic heterocycles. The number of thiocarbonyl (C=S) groups is 1. The van der Waals surface area contributed by atoms with E-state index in [0.29, 0.717) is 22.3 Å². The number of pyridine rings is 1. The Morgan fingerprint density at radius 1 is 1.03 bits per heavy atom. The van der Waals surface area contributed by atoms with Crippen LogP contribution < -0.4 is 19.7 Å². The Morgan fingerprint density at radius 3 is 2.61 bits per heavy atom. The molecule has 3 heterocycles. The molecule has 1 N–H and O–H groups in total. The van der Waals surface area contributed by atoms with E-state index in [1.807, 2.05) is 70.3 Å². The molecule has 5 rings (SSSR count). The van der Waals surface area contributed by atoms with Crippen molar-refractivity contribution in [1.82, 2.24) is 14.9 Å². The van der Waals surface area contributed by atoms with Crippen molar-refractivity contribution >= 4 is 28.7 Å². The summed E-state index contributed by atoms with van der Waals surface area (Å²) >= 11 is 5.84. The number of nitrogens with zero attached hydrogens (tertiary/aromatic N) is 4. The molecule has 182 valence electrons. The molecule has 36 heavy (non-hydrogen) atoms. The lowest BCUT2D eigenvalue weighted by Crippen LogP contribution is -2.30. The SMILES string of the molecule is COc1ccc(N2C(=S)N[C@@H](c3ccccn3)[C@@H]2c2cccn2-c2cccc([N+](=O)[O-])c2)c(OC)c1. The molecule has 10 heteroatoms. The molecule has 1 fully saturated rings. The Hall–Kier alpha value is -4.44. The average Bonchev–Trinajstić information content (AvgIpc) is 3.53. The number of anilines is 1. The normalized spacial score (nSPS) is 17.1. The lowest BCUT2D eigenvalue weighted by molar-refractivity contribution is -0.384. The number of benzene rings is 2. The second kappa shape index (κ2) is 9.67. The van der Waals surface area contributed by atoms with Gasteiger partial charge in [-0.15, -0.1) is 0 Å². The highest BCUT2D eigenvalue weighted by molar-refractivity contribution is 7.80. The topological polar surface area (TPSA) is 94.7 Å². The van der Waals surface area contributed by atoms with Gasteiger partial charge in [0.15, 0.2) is 5.11 Å². The zero-order valence-electron chi connectivity index (χ0n) is 19.6. The molecule has 2 aromatic heterocycles. The van der Waals surface area contributed by atoms with Gasteiger partial charge in [0, 0.05) is 36.3 Å². The van der Waals surface area contributed by atoms with Gasteiger partial charge in [0.1, 0.15) is 17.5 Å². The van der Waals surface area contributed by atoms with Gasteiger partial charge in [0.05, 0.1) is 42.3 Å². The second-order valence-corrected chi connectivity index (χ2v) is 8.50. The zero-order valence-corrected chi connectivity index (χ0v) is 20.4. The third-order valence-corrected chi connectivity index (χ3v) is 6.46. The highest BCUT2D eigenvalue weighted by Crippen LogP contribution is 2.45. The van der Waals surface area contributed by atoms with Crippen LogP contribution in [0, 0.1) is 10.1 Å². The molecule has 4 aromatic rings. The summed E-state index contributed by atoms with van der Waals surface area (Å²) in [4.78, 5) is 17.6. The first-order valence-electron chi connectivity index (χ1n) is 11.2. The maximum atomic E-state index is 11.4. The van der Waals surface area contributed by atoms with Crippen LogP contribution in [0.4, 0.5) is 11.4 Å². The zero-order chi connectivity index (χ0) is 25.2. The Kier molecular flexibility index (Phi) is 6.26. The quantitative estimate of drug-likeness (QED) is 0.215. The third-order valence-electron chi connectivity index (χ3n) is 6.15. The lowest BCUT2D eigenvalue weighted by Gasteiger charge is -2.30. The van der Waals surface area contributed by atoms with Gasteiger partial charge in [0.25, 0.3) is 5.69 Å². The van der Waals surface area contributed by atoms with E-state index >= 15 is 0 Å². The summed E-state index contributed by atoms with van der Waals surface area (Å²) in [5.74, 6) is 1.25. The molecule has 0 radical (unpaired) electrons. The van der Waals surface area contributed by atoms with Crippen LogP contribution in [-0.2, 0) is 0 Å². The van der Waals surface area contributed by atoms with E-state index in [2.05, 4.69) is 10.3 Å². The Labute approximate surface area is 213 Å². The van der Waals surface area contributed by atoms with Crippen LogP contribution in [0.25, 0.3) is 5.69 Å². The van der Waals surface area contributed by atoms with Gasteiger partial charge in [-0.25, -0.2) is 0 Å². The van der Waals surface area contributed by atoms with Gasteiger partial charge >= 0.3 is 0 Å². The van der Waals surface area contributed by atoms with Crippen molar-refractivity contribution in [2.75, 3.05) is 19.1 Å². The number of hydrogen-bond donors (Lipinski definition) is 1. The molecule has 1 aliphatic rings. The van der Waals surface area contributed by atoms with Gasteiger partial charge in [-0.2, -0.15) is 0 Å². The Bertz CT molecular complexity index is 1420. The van der Waals surface area contributed by atoms with Gasteiger partial charge in [-0.05, 0) is 54.7 Å². The molecule has 0 amide bonds. The van der Waals surface area contributed by atoms with Gasteiger partial charge < -0.3 is 24.3 Å². The van der Waals surface area contributed by atoms with Crippen molar-refractivity contribution in [2.24, 2.45) is 0 Å². The number of nitrogens with one attached hydrogen (secondary N) is 1. The minimum absolute atomic E-state index is 0.0159. The first-order valence-corrected chi connectivity index (χ1v) is 11.6. The number of methoxy groups -OCH3 is 2. The standard InChI is InChI=1S/C26H23N5O4S/c1-34-19-11-12-21(23(16-19)35-2)30-25(24(28-26(30)36)20-9-3-4-13-27-20)22-10-6-14-29(22)17-7-5-8-18(15-17)31(32)33/h3-16,24-25H,1-2H3,(H,28,36)/t24-,25-/m0/s1. The molecular weight excluding hydrogens is 478 g/mol. The molecule has 0 aliphatic carbocycles. The van der Waals surface area contributed by atoms with Gasteiger partial charge in [0.2, 0.25) is 0 Å². The maximum Gasteiger partial charge on any atom is 0.271 e. The van der Waals surface area contributed by atoms with Crippen LogP contribution in [0.1, 0.15) is 23.5 Å². The number of aromatic nitrogens is 2. The highest BCUT2D eigenvalue weighted by Gasteiger charge is 2.43. The first-order chi connectivity index (χ1) is 17.5. The van der Waals surface area contributed by atoms with Crippen LogP contribution in [0.2, 0.25) is 0 Å². The monoisotopic (exact) mass is 501 g/mol. The van der Waals surface area contributed by atoms with Crippen LogP contribution in [-0.4, -0.2) is 33.8 Å². The van der Waals surface area contributed by atoms with Crippen LogP contribution >= 0.6 is 12.2 Å². The van der Waals surface area contributed by atoms with Crippen molar-refractivity contribution in [2.45, 2.75) is 12.1 Å². The summed E-state index contributed by atoms with van der Waals surface area (Å²) in [6.45, 7) is 0. The summed E-state index contributed by atoms with van der Waals surface area (Å²) in [5, 5.41) is 15.4. The summed E-state index contributed by atoms with van der Waals surface area (Å²) in [6, 6.07) is 21.1. The number of rotatable bonds is 7. The van der Waals surface area contributed by atoms with Gasteiger partial charge in [-0.3, -0.25) is 15.1 Å². The molecule has 0 saturated carbocycles. The average molecular weight is 502 g/mol.